The molecule has 0 aliphatic heterocycles. The van der Waals surface area contributed by atoms with Gasteiger partial charge in [0.2, 0.25) is 0 Å². The summed E-state index contributed by atoms with van der Waals surface area (Å²) in [5, 5.41) is 0. The fourth-order valence-corrected chi connectivity index (χ4v) is 0. The van der Waals surface area contributed by atoms with Crippen LogP contribution in [0, 0.1) is 0 Å². The molecule has 0 aliphatic rings. The fourth-order valence-electron chi connectivity index (χ4n) is 0. The van der Waals surface area contributed by atoms with Gasteiger partial charge >= 0.3 is 41.8 Å². The molecule has 0 atom stereocenters. The first-order valence-corrected chi connectivity index (χ1v) is 6.29. The van der Waals surface area contributed by atoms with Crippen LogP contribution in [0.2, 0.25) is 0 Å². The maximum absolute atomic E-state index is 9.25. The Bertz CT molecular complexity index is 90.1. The van der Waals surface area contributed by atoms with Crippen LogP contribution in [-0.2, 0) is 7.21 Å². The average molecular weight is 205 g/mol. The van der Waals surface area contributed by atoms with Gasteiger partial charge in [-0.1, -0.05) is 0 Å². The summed E-state index contributed by atoms with van der Waals surface area (Å²) in [4.78, 5) is 0. The van der Waals surface area contributed by atoms with Gasteiger partial charge in [0, 0.05) is 0 Å². The van der Waals surface area contributed by atoms with Gasteiger partial charge in [-0.25, -0.2) is 0 Å². The average Bonchev–Trinajstić information content (AvgIpc) is 0.722. The van der Waals surface area contributed by atoms with Crippen molar-refractivity contribution >= 4 is 28.8 Å². The summed E-state index contributed by atoms with van der Waals surface area (Å²) in [7, 11) is -3.54. The Morgan fingerprint density at radius 2 is 1.60 bits per heavy atom. The zero-order valence-electron chi connectivity index (χ0n) is 2.25. The molecule has 0 unspecified atom stereocenters. The van der Waals surface area contributed by atoms with E-state index in [1.54, 1.807) is 0 Å². The van der Waals surface area contributed by atoms with Gasteiger partial charge in [0.25, 0.3) is 0 Å². The predicted molar refractivity (Wildman–Crippen MR) is 20.1 cm³/mol. The summed E-state index contributed by atoms with van der Waals surface area (Å²) >= 11 is -0.108. The molecule has 32 valence electrons. The third-order valence-corrected chi connectivity index (χ3v) is 0. The van der Waals surface area contributed by atoms with Gasteiger partial charge in [0.05, 0.1) is 0 Å². The first-order valence-electron chi connectivity index (χ1n) is 0.752. The summed E-state index contributed by atoms with van der Waals surface area (Å²) in [5.74, 6) is 0. The molecule has 0 aromatic heterocycles. The second-order valence-corrected chi connectivity index (χ2v) is 6.65. The first-order chi connectivity index (χ1) is 2.00. The van der Waals surface area contributed by atoms with Crippen molar-refractivity contribution in [1.82, 2.24) is 0 Å². The van der Waals surface area contributed by atoms with Gasteiger partial charge in [0.1, 0.15) is 0 Å². The van der Waals surface area contributed by atoms with E-state index in [1.807, 2.05) is 0 Å². The Labute approximate surface area is 42.0 Å². The molecule has 0 radical (unpaired) electrons. The van der Waals surface area contributed by atoms with Crippen molar-refractivity contribution in [2.75, 3.05) is 0 Å². The normalized spacial score (nSPS) is 11.6. The SMILES string of the molecule is O=[S](=O)(O)[SbH2]. The van der Waals surface area contributed by atoms with Gasteiger partial charge in [-0.2, -0.15) is 0 Å². The third-order valence-electron chi connectivity index (χ3n) is 0. The van der Waals surface area contributed by atoms with Crippen LogP contribution in [0.3, 0.4) is 0 Å². The summed E-state index contributed by atoms with van der Waals surface area (Å²) < 4.78 is 26.0. The molecule has 5 heteroatoms. The van der Waals surface area contributed by atoms with Gasteiger partial charge in [0.15, 0.2) is 0 Å². The van der Waals surface area contributed by atoms with Crippen molar-refractivity contribution in [3.05, 3.63) is 0 Å². The van der Waals surface area contributed by atoms with E-state index in [4.69, 9.17) is 4.55 Å². The van der Waals surface area contributed by atoms with E-state index in [1.165, 1.54) is 0 Å². The zero-order valence-corrected chi connectivity index (χ0v) is 6.36. The Morgan fingerprint density at radius 1 is 1.60 bits per heavy atom. The molecule has 0 fully saturated rings. The van der Waals surface area contributed by atoms with E-state index < -0.39 is 7.21 Å². The van der Waals surface area contributed by atoms with Crippen LogP contribution in [0.5, 0.6) is 0 Å². The third kappa shape index (κ3) is 66.4. The van der Waals surface area contributed by atoms with Gasteiger partial charge in [-0.15, -0.1) is 0 Å². The Morgan fingerprint density at radius 3 is 1.60 bits per heavy atom. The van der Waals surface area contributed by atoms with E-state index in [0.717, 1.165) is 0 Å². The van der Waals surface area contributed by atoms with Crippen molar-refractivity contribution in [1.29, 1.82) is 0 Å². The van der Waals surface area contributed by atoms with Crippen molar-refractivity contribution in [2.45, 2.75) is 0 Å². The van der Waals surface area contributed by atoms with Gasteiger partial charge < -0.3 is 0 Å². The molecule has 0 bridgehead atoms. The van der Waals surface area contributed by atoms with Crippen LogP contribution >= 0.6 is 0 Å². The summed E-state index contributed by atoms with van der Waals surface area (Å²) in [6.45, 7) is 0. The molecule has 0 amide bonds. The van der Waals surface area contributed by atoms with Gasteiger partial charge in [-0.3, -0.25) is 0 Å². The van der Waals surface area contributed by atoms with Crippen LogP contribution in [0.15, 0.2) is 0 Å². The van der Waals surface area contributed by atoms with E-state index >= 15 is 0 Å². The quantitative estimate of drug-likeness (QED) is 0.383. The molecule has 5 heavy (non-hydrogen) atoms. The molecule has 0 aliphatic carbocycles. The molecule has 0 rings (SSSR count). The Hall–Kier alpha value is 0.728. The van der Waals surface area contributed by atoms with E-state index in [9.17, 15) is 8.42 Å². The molecule has 0 heterocycles. The number of hydrogen-bond acceptors (Lipinski definition) is 2. The van der Waals surface area contributed by atoms with Crippen molar-refractivity contribution in [3.63, 3.8) is 0 Å². The van der Waals surface area contributed by atoms with Crippen LogP contribution in [-0.4, -0.2) is 34.6 Å². The van der Waals surface area contributed by atoms with E-state index in [2.05, 4.69) is 0 Å². The minimum absolute atomic E-state index is 0.108. The molecule has 0 saturated carbocycles. The van der Waals surface area contributed by atoms with Crippen molar-refractivity contribution < 1.29 is 13.0 Å². The van der Waals surface area contributed by atoms with Crippen LogP contribution in [0.25, 0.3) is 0 Å². The first kappa shape index (κ1) is 5.73. The standard InChI is InChI=1S/HO3S.Sb.2H/c1-4(2)3;;;/h(H,1,2,3);;;. The molecule has 0 aromatic rings. The Kier molecular flexibility index (Phi) is 1.66. The van der Waals surface area contributed by atoms with Crippen molar-refractivity contribution in [3.8, 4) is 0 Å². The minimum atomic E-state index is -3.54. The summed E-state index contributed by atoms with van der Waals surface area (Å²) in [6.07, 6.45) is 0. The molecule has 0 spiro atoms. The van der Waals surface area contributed by atoms with Crippen LogP contribution in [0.1, 0.15) is 0 Å². The monoisotopic (exact) mass is 204 g/mol. The summed E-state index contributed by atoms with van der Waals surface area (Å²) in [5.41, 5.74) is 0. The predicted octanol–water partition coefficient (Wildman–Crippen LogP) is -1.58. The van der Waals surface area contributed by atoms with E-state index in [0.29, 0.717) is 0 Å². The molecular formula is H3O3SSb. The van der Waals surface area contributed by atoms with Crippen LogP contribution < -0.4 is 0 Å². The zero-order chi connectivity index (χ0) is 4.50. The van der Waals surface area contributed by atoms with Gasteiger partial charge in [-0.05, 0) is 0 Å². The van der Waals surface area contributed by atoms with Crippen LogP contribution in [0.4, 0.5) is 0 Å². The second-order valence-electron chi connectivity index (χ2n) is 0.515. The molecule has 3 nitrogen and oxygen atoms in total. The Balaban J connectivity index is 4.06. The molecule has 1 N–H and O–H groups in total. The number of hydrogen-bond donors (Lipinski definition) is 1. The second kappa shape index (κ2) is 1.45. The van der Waals surface area contributed by atoms with E-state index in [-0.39, 0.29) is 21.6 Å². The number of rotatable bonds is 0. The molecular weight excluding hydrogens is 202 g/mol. The summed E-state index contributed by atoms with van der Waals surface area (Å²) in [6, 6.07) is 0. The molecule has 0 saturated heterocycles. The molecule has 0 aromatic carbocycles. The maximum atomic E-state index is 9.25. The topological polar surface area (TPSA) is 54.4 Å². The van der Waals surface area contributed by atoms with Crippen molar-refractivity contribution in [2.24, 2.45) is 0 Å². The fraction of sp³-hybridized carbons (Fsp3) is 0.